The Morgan fingerprint density at radius 3 is 2.87 bits per heavy atom. The fourth-order valence-corrected chi connectivity index (χ4v) is 7.14. The number of thiophene rings is 1. The molecule has 0 spiro atoms. The standard InChI is InChI=1S/C21H23ClN4O3S2/c1-13-2-4-15-18(10-13)30-21-19(15)20(23-12-24-21)25-17-11-14(3-5-16(17)22)31(27,28)26-6-8-29-9-7-26/h3,5,11-13H,2,4,6-10H2,1H3,(H,23,24,25). The molecule has 7 nitrogen and oxygen atoms in total. The van der Waals surface area contributed by atoms with Crippen molar-refractivity contribution in [3.8, 4) is 0 Å². The number of halogens is 1. The lowest BCUT2D eigenvalue weighted by Crippen LogP contribution is -2.40. The number of hydrogen-bond acceptors (Lipinski definition) is 7. The summed E-state index contributed by atoms with van der Waals surface area (Å²) in [5, 5.41) is 4.75. The van der Waals surface area contributed by atoms with Crippen LogP contribution in [0.4, 0.5) is 11.5 Å². The van der Waals surface area contributed by atoms with Gasteiger partial charge in [-0.05, 0) is 48.9 Å². The van der Waals surface area contributed by atoms with Crippen LogP contribution in [0.15, 0.2) is 29.4 Å². The maximum atomic E-state index is 13.1. The number of anilines is 2. The van der Waals surface area contributed by atoms with Crippen LogP contribution in [0.2, 0.25) is 5.02 Å². The maximum Gasteiger partial charge on any atom is 0.243 e. The summed E-state index contributed by atoms with van der Waals surface area (Å²) in [6, 6.07) is 4.74. The molecule has 2 aromatic heterocycles. The van der Waals surface area contributed by atoms with Crippen molar-refractivity contribution in [3.63, 3.8) is 0 Å². The van der Waals surface area contributed by atoms with E-state index in [1.54, 1.807) is 29.5 Å². The van der Waals surface area contributed by atoms with Gasteiger partial charge in [0.05, 0.1) is 34.2 Å². The fourth-order valence-electron chi connectivity index (χ4n) is 4.19. The van der Waals surface area contributed by atoms with Gasteiger partial charge in [-0.1, -0.05) is 18.5 Å². The summed E-state index contributed by atoms with van der Waals surface area (Å²) < 4.78 is 32.9. The van der Waals surface area contributed by atoms with Crippen molar-refractivity contribution in [1.29, 1.82) is 0 Å². The zero-order valence-electron chi connectivity index (χ0n) is 17.1. The van der Waals surface area contributed by atoms with E-state index in [0.29, 0.717) is 48.7 Å². The second-order valence-electron chi connectivity index (χ2n) is 8.04. The summed E-state index contributed by atoms with van der Waals surface area (Å²) in [5.41, 5.74) is 1.81. The zero-order chi connectivity index (χ0) is 21.6. The lowest BCUT2D eigenvalue weighted by atomic mass is 9.89. The minimum atomic E-state index is -3.62. The molecule has 1 aliphatic carbocycles. The molecule has 31 heavy (non-hydrogen) atoms. The molecule has 1 fully saturated rings. The highest BCUT2D eigenvalue weighted by atomic mass is 35.5. The average Bonchev–Trinajstić information content (AvgIpc) is 3.14. The van der Waals surface area contributed by atoms with E-state index in [4.69, 9.17) is 16.3 Å². The SMILES string of the molecule is CC1CCc2c(sc3ncnc(Nc4cc(S(=O)(=O)N5CCOCC5)ccc4Cl)c23)C1. The molecule has 1 unspecified atom stereocenters. The number of aromatic nitrogens is 2. The van der Waals surface area contributed by atoms with Crippen LogP contribution in [0.25, 0.3) is 10.2 Å². The van der Waals surface area contributed by atoms with E-state index in [2.05, 4.69) is 22.2 Å². The van der Waals surface area contributed by atoms with Crippen molar-refractivity contribution in [1.82, 2.24) is 14.3 Å². The first-order valence-corrected chi connectivity index (χ1v) is 13.0. The molecule has 10 heteroatoms. The summed E-state index contributed by atoms with van der Waals surface area (Å²) in [6.45, 7) is 3.77. The summed E-state index contributed by atoms with van der Waals surface area (Å²) in [4.78, 5) is 11.5. The van der Waals surface area contributed by atoms with E-state index in [1.165, 1.54) is 21.1 Å². The van der Waals surface area contributed by atoms with E-state index in [9.17, 15) is 8.42 Å². The highest BCUT2D eigenvalue weighted by Crippen LogP contribution is 2.41. The molecule has 1 N–H and O–H groups in total. The molecule has 5 rings (SSSR count). The van der Waals surface area contributed by atoms with Crippen molar-refractivity contribution in [2.24, 2.45) is 5.92 Å². The molecular weight excluding hydrogens is 456 g/mol. The van der Waals surface area contributed by atoms with E-state index in [-0.39, 0.29) is 4.90 Å². The van der Waals surface area contributed by atoms with E-state index in [0.717, 1.165) is 29.5 Å². The predicted octanol–water partition coefficient (Wildman–Crippen LogP) is 4.23. The monoisotopic (exact) mass is 478 g/mol. The lowest BCUT2D eigenvalue weighted by Gasteiger charge is -2.26. The minimum Gasteiger partial charge on any atom is -0.379 e. The fraction of sp³-hybridized carbons (Fsp3) is 0.429. The van der Waals surface area contributed by atoms with Crippen molar-refractivity contribution < 1.29 is 13.2 Å². The molecule has 164 valence electrons. The predicted molar refractivity (Wildman–Crippen MR) is 123 cm³/mol. The van der Waals surface area contributed by atoms with Gasteiger partial charge in [-0.2, -0.15) is 4.31 Å². The van der Waals surface area contributed by atoms with Crippen LogP contribution >= 0.6 is 22.9 Å². The van der Waals surface area contributed by atoms with Crippen LogP contribution in [0.1, 0.15) is 23.8 Å². The van der Waals surface area contributed by atoms with Crippen LogP contribution < -0.4 is 5.32 Å². The number of aryl methyl sites for hydroxylation is 1. The second-order valence-corrected chi connectivity index (χ2v) is 11.5. The van der Waals surface area contributed by atoms with Gasteiger partial charge in [-0.15, -0.1) is 11.3 Å². The van der Waals surface area contributed by atoms with Crippen molar-refractivity contribution in [2.45, 2.75) is 31.1 Å². The Hall–Kier alpha value is -1.78. The van der Waals surface area contributed by atoms with Crippen LogP contribution in [0.5, 0.6) is 0 Å². The van der Waals surface area contributed by atoms with Crippen molar-refractivity contribution >= 4 is 54.7 Å². The van der Waals surface area contributed by atoms with Crippen molar-refractivity contribution in [3.05, 3.63) is 40.0 Å². The number of benzene rings is 1. The summed E-state index contributed by atoms with van der Waals surface area (Å²) in [5.74, 6) is 1.33. The van der Waals surface area contributed by atoms with E-state index < -0.39 is 10.0 Å². The highest BCUT2D eigenvalue weighted by molar-refractivity contribution is 7.89. The second kappa shape index (κ2) is 8.29. The van der Waals surface area contributed by atoms with E-state index >= 15 is 0 Å². The third-order valence-electron chi connectivity index (χ3n) is 5.89. The molecule has 0 radical (unpaired) electrons. The smallest absolute Gasteiger partial charge is 0.243 e. The van der Waals surface area contributed by atoms with Gasteiger partial charge >= 0.3 is 0 Å². The topological polar surface area (TPSA) is 84.4 Å². The Kier molecular flexibility index (Phi) is 5.64. The molecule has 1 aromatic carbocycles. The van der Waals surface area contributed by atoms with Gasteiger partial charge in [0.1, 0.15) is 17.0 Å². The van der Waals surface area contributed by atoms with Gasteiger partial charge < -0.3 is 10.1 Å². The number of morpholine rings is 1. The van der Waals surface area contributed by atoms with Crippen LogP contribution in [-0.2, 0) is 27.6 Å². The van der Waals surface area contributed by atoms with Gasteiger partial charge in [0.15, 0.2) is 0 Å². The Balaban J connectivity index is 1.52. The van der Waals surface area contributed by atoms with Crippen LogP contribution in [0.3, 0.4) is 0 Å². The zero-order valence-corrected chi connectivity index (χ0v) is 19.5. The molecule has 0 bridgehead atoms. The van der Waals surface area contributed by atoms with Gasteiger partial charge in [0, 0.05) is 18.0 Å². The quantitative estimate of drug-likeness (QED) is 0.604. The molecule has 3 heterocycles. The highest BCUT2D eigenvalue weighted by Gasteiger charge is 2.27. The van der Waals surface area contributed by atoms with Gasteiger partial charge in [-0.25, -0.2) is 18.4 Å². The number of ether oxygens (including phenoxy) is 1. The van der Waals surface area contributed by atoms with Crippen LogP contribution in [0, 0.1) is 5.92 Å². The first-order chi connectivity index (χ1) is 14.9. The molecule has 2 aliphatic rings. The largest absolute Gasteiger partial charge is 0.379 e. The normalized spacial score (nSPS) is 20.0. The maximum absolute atomic E-state index is 13.1. The van der Waals surface area contributed by atoms with E-state index in [1.807, 2.05) is 0 Å². The lowest BCUT2D eigenvalue weighted by molar-refractivity contribution is 0.0730. The molecule has 0 saturated carbocycles. The number of fused-ring (bicyclic) bond motifs is 3. The molecular formula is C21H23ClN4O3S2. The third-order valence-corrected chi connectivity index (χ3v) is 9.28. The van der Waals surface area contributed by atoms with Gasteiger partial charge in [-0.3, -0.25) is 0 Å². The molecule has 1 atom stereocenters. The van der Waals surface area contributed by atoms with Gasteiger partial charge in [0.25, 0.3) is 0 Å². The number of nitrogens with zero attached hydrogens (tertiary/aromatic N) is 3. The Bertz CT molecular complexity index is 1240. The Morgan fingerprint density at radius 2 is 2.06 bits per heavy atom. The first-order valence-electron chi connectivity index (χ1n) is 10.3. The molecule has 1 saturated heterocycles. The Labute approximate surface area is 190 Å². The summed E-state index contributed by atoms with van der Waals surface area (Å²) in [7, 11) is -3.62. The Morgan fingerprint density at radius 1 is 1.26 bits per heavy atom. The number of rotatable bonds is 4. The van der Waals surface area contributed by atoms with Crippen LogP contribution in [-0.4, -0.2) is 49.0 Å². The third kappa shape index (κ3) is 3.93. The number of sulfonamides is 1. The first kappa shape index (κ1) is 21.1. The van der Waals surface area contributed by atoms with Gasteiger partial charge in [0.2, 0.25) is 10.0 Å². The van der Waals surface area contributed by atoms with Crippen molar-refractivity contribution in [2.75, 3.05) is 31.6 Å². The average molecular weight is 479 g/mol. The summed E-state index contributed by atoms with van der Waals surface area (Å²) in [6.07, 6.45) is 4.74. The molecule has 3 aromatic rings. The molecule has 1 aliphatic heterocycles. The number of hydrogen-bond donors (Lipinski definition) is 1. The number of nitrogens with one attached hydrogen (secondary N) is 1. The summed E-state index contributed by atoms with van der Waals surface area (Å²) >= 11 is 8.16. The minimum absolute atomic E-state index is 0.202. The molecule has 0 amide bonds.